The second-order valence-corrected chi connectivity index (χ2v) is 8.87. The molecule has 1 unspecified atom stereocenters. The molecule has 0 aliphatic rings. The molecule has 0 aliphatic carbocycles. The number of hydrogen-bond acceptors (Lipinski definition) is 3. The molecule has 4 rings (SSSR count). The summed E-state index contributed by atoms with van der Waals surface area (Å²) in [5.41, 5.74) is 3.28. The Labute approximate surface area is 193 Å². The quantitative estimate of drug-likeness (QED) is 0.386. The van der Waals surface area contributed by atoms with Crippen LogP contribution in [-0.2, 0) is 17.9 Å². The van der Waals surface area contributed by atoms with Crippen molar-refractivity contribution in [1.82, 2.24) is 19.5 Å². The molecule has 0 spiro atoms. The minimum absolute atomic E-state index is 0.0510. The molecule has 0 saturated heterocycles. The van der Waals surface area contributed by atoms with E-state index in [2.05, 4.69) is 48.4 Å². The van der Waals surface area contributed by atoms with Crippen molar-refractivity contribution in [2.75, 3.05) is 13.1 Å². The van der Waals surface area contributed by atoms with Crippen molar-refractivity contribution in [1.29, 1.82) is 0 Å². The van der Waals surface area contributed by atoms with Gasteiger partial charge in [0.2, 0.25) is 5.91 Å². The summed E-state index contributed by atoms with van der Waals surface area (Å²) < 4.78 is 3.75. The molecule has 0 aliphatic heterocycles. The molecule has 0 fully saturated rings. The fourth-order valence-corrected chi connectivity index (χ4v) is 4.40. The number of carbonyl (C=O) groups excluding carboxylic acids is 1. The highest BCUT2D eigenvalue weighted by Gasteiger charge is 2.16. The minimum atomic E-state index is -0.271. The van der Waals surface area contributed by atoms with Crippen molar-refractivity contribution in [3.8, 4) is 0 Å². The lowest BCUT2D eigenvalue weighted by Crippen LogP contribution is -3.13. The van der Waals surface area contributed by atoms with E-state index in [1.54, 1.807) is 0 Å². The second kappa shape index (κ2) is 10.0. The Kier molecular flexibility index (Phi) is 6.89. The first kappa shape index (κ1) is 22.7. The summed E-state index contributed by atoms with van der Waals surface area (Å²) in [6, 6.07) is 20.3. The molecular weight excluding hydrogens is 414 g/mol. The summed E-state index contributed by atoms with van der Waals surface area (Å²) in [7, 11) is 0. The normalized spacial score (nSPS) is 12.5. The van der Waals surface area contributed by atoms with Crippen LogP contribution in [0.15, 0.2) is 65.5 Å². The minimum Gasteiger partial charge on any atom is -0.354 e. The average Bonchev–Trinajstić information content (AvgIpc) is 3.10. The summed E-state index contributed by atoms with van der Waals surface area (Å²) in [6.07, 6.45) is 0.909. The van der Waals surface area contributed by atoms with Crippen LogP contribution in [0.3, 0.4) is 0 Å². The van der Waals surface area contributed by atoms with Gasteiger partial charge in [-0.15, -0.1) is 0 Å². The van der Waals surface area contributed by atoms with Crippen LogP contribution >= 0.6 is 0 Å². The van der Waals surface area contributed by atoms with Crippen LogP contribution < -0.4 is 15.8 Å². The number of aryl methyl sites for hydroxylation is 1. The maximum Gasteiger partial charge on any atom is 0.273 e. The van der Waals surface area contributed by atoms with Crippen molar-refractivity contribution in [3.63, 3.8) is 0 Å². The summed E-state index contributed by atoms with van der Waals surface area (Å²) in [6.45, 7) is 9.11. The highest BCUT2D eigenvalue weighted by atomic mass is 16.2. The first-order valence-corrected chi connectivity index (χ1v) is 11.6. The zero-order valence-electron chi connectivity index (χ0n) is 19.5. The highest BCUT2D eigenvalue weighted by molar-refractivity contribution is 5.93. The molecule has 0 saturated carbocycles. The Bertz CT molecular complexity index is 1310. The lowest BCUT2D eigenvalue weighted by molar-refractivity contribution is -0.935. The average molecular weight is 447 g/mol. The van der Waals surface area contributed by atoms with Crippen molar-refractivity contribution >= 4 is 22.5 Å². The molecule has 0 bridgehead atoms. The van der Waals surface area contributed by atoms with Gasteiger partial charge in [-0.1, -0.05) is 42.5 Å². The van der Waals surface area contributed by atoms with E-state index in [0.29, 0.717) is 18.2 Å². The van der Waals surface area contributed by atoms with Crippen LogP contribution in [0.25, 0.3) is 16.6 Å². The maximum atomic E-state index is 12.8. The summed E-state index contributed by atoms with van der Waals surface area (Å²) in [5, 5.41) is 3.93. The van der Waals surface area contributed by atoms with Gasteiger partial charge in [0, 0.05) is 35.7 Å². The van der Waals surface area contributed by atoms with Crippen molar-refractivity contribution in [3.05, 3.63) is 82.3 Å². The molecule has 2 heterocycles. The number of amides is 1. The smallest absolute Gasteiger partial charge is 0.273 e. The lowest BCUT2D eigenvalue weighted by Gasteiger charge is -2.23. The van der Waals surface area contributed by atoms with Crippen LogP contribution in [-0.4, -0.2) is 39.2 Å². The Morgan fingerprint density at radius 2 is 1.82 bits per heavy atom. The summed E-state index contributed by atoms with van der Waals surface area (Å²) in [5.74, 6) is -0.0510. The molecule has 7 nitrogen and oxygen atoms in total. The Morgan fingerprint density at radius 3 is 2.58 bits per heavy atom. The molecule has 1 amide bonds. The molecule has 2 N–H and O–H groups in total. The number of benzene rings is 2. The van der Waals surface area contributed by atoms with E-state index in [9.17, 15) is 9.59 Å². The first-order valence-electron chi connectivity index (χ1n) is 11.6. The summed E-state index contributed by atoms with van der Waals surface area (Å²) in [4.78, 5) is 30.5. The number of carbonyl (C=O) groups is 1. The van der Waals surface area contributed by atoms with Crippen molar-refractivity contribution in [2.45, 2.75) is 46.3 Å². The topological polar surface area (TPSA) is 72.8 Å². The SMILES string of the molecule is Cc1cc(=O)nc2c3ccccc3n(CC(=O)NCCC[NH+](Cc3ccccc3)C(C)C)n12. The molecule has 2 aromatic carbocycles. The molecular formula is C26H32N5O2+. The maximum absolute atomic E-state index is 12.8. The number of fused-ring (bicyclic) bond motifs is 3. The molecule has 4 aromatic rings. The van der Waals surface area contributed by atoms with E-state index in [1.807, 2.05) is 46.5 Å². The van der Waals surface area contributed by atoms with E-state index < -0.39 is 0 Å². The largest absolute Gasteiger partial charge is 0.354 e. The Balaban J connectivity index is 1.40. The molecule has 1 atom stereocenters. The standard InChI is InChI=1S/C26H31N5O2/c1-19(2)29(17-21-10-5-4-6-11-21)15-9-14-27-25(33)18-30-23-13-8-7-12-22(23)26-28-24(32)16-20(3)31(26)30/h4-8,10-13,16,19H,9,14-15,17-18H2,1-3H3,(H,27,33)/p+1. The number of quaternary nitrogens is 1. The van der Waals surface area contributed by atoms with Gasteiger partial charge in [-0.2, -0.15) is 4.98 Å². The predicted molar refractivity (Wildman–Crippen MR) is 130 cm³/mol. The third kappa shape index (κ3) is 5.14. The molecule has 0 radical (unpaired) electrons. The fourth-order valence-electron chi connectivity index (χ4n) is 4.40. The van der Waals surface area contributed by atoms with E-state index >= 15 is 0 Å². The van der Waals surface area contributed by atoms with Crippen LogP contribution in [0.2, 0.25) is 0 Å². The van der Waals surface area contributed by atoms with Crippen LogP contribution in [0.4, 0.5) is 0 Å². The summed E-state index contributed by atoms with van der Waals surface area (Å²) >= 11 is 0. The number of para-hydroxylation sites is 1. The zero-order chi connectivity index (χ0) is 23.4. The lowest BCUT2D eigenvalue weighted by atomic mass is 10.2. The molecule has 172 valence electrons. The highest BCUT2D eigenvalue weighted by Crippen LogP contribution is 2.21. The first-order chi connectivity index (χ1) is 15.9. The van der Waals surface area contributed by atoms with E-state index in [0.717, 1.165) is 36.1 Å². The molecule has 33 heavy (non-hydrogen) atoms. The Morgan fingerprint density at radius 1 is 1.09 bits per heavy atom. The Hall–Kier alpha value is -3.45. The van der Waals surface area contributed by atoms with Gasteiger partial charge in [0.1, 0.15) is 13.1 Å². The van der Waals surface area contributed by atoms with Gasteiger partial charge in [-0.25, -0.2) is 4.52 Å². The third-order valence-electron chi connectivity index (χ3n) is 6.13. The number of aromatic nitrogens is 3. The van der Waals surface area contributed by atoms with Crippen molar-refractivity contribution in [2.24, 2.45) is 0 Å². The number of nitrogens with zero attached hydrogens (tertiary/aromatic N) is 3. The predicted octanol–water partition coefficient (Wildman–Crippen LogP) is 1.96. The molecule has 2 aromatic heterocycles. The van der Waals surface area contributed by atoms with Gasteiger partial charge in [0.05, 0.1) is 18.1 Å². The number of nitrogens with one attached hydrogen (secondary N) is 2. The molecule has 7 heteroatoms. The fraction of sp³-hybridized carbons (Fsp3) is 0.346. The van der Waals surface area contributed by atoms with Crippen LogP contribution in [0.1, 0.15) is 31.5 Å². The monoisotopic (exact) mass is 446 g/mol. The number of hydrogen-bond donors (Lipinski definition) is 2. The zero-order valence-corrected chi connectivity index (χ0v) is 19.5. The van der Waals surface area contributed by atoms with Gasteiger partial charge in [0.15, 0.2) is 5.65 Å². The second-order valence-electron chi connectivity index (χ2n) is 8.87. The van der Waals surface area contributed by atoms with Gasteiger partial charge in [-0.3, -0.25) is 14.3 Å². The van der Waals surface area contributed by atoms with Gasteiger partial charge < -0.3 is 10.2 Å². The van der Waals surface area contributed by atoms with Gasteiger partial charge in [-0.05, 0) is 32.9 Å². The van der Waals surface area contributed by atoms with E-state index in [1.165, 1.54) is 16.5 Å². The van der Waals surface area contributed by atoms with Crippen molar-refractivity contribution < 1.29 is 9.69 Å². The van der Waals surface area contributed by atoms with Crippen LogP contribution in [0, 0.1) is 6.92 Å². The third-order valence-corrected chi connectivity index (χ3v) is 6.13. The number of rotatable bonds is 9. The van der Waals surface area contributed by atoms with Gasteiger partial charge >= 0.3 is 0 Å². The van der Waals surface area contributed by atoms with Gasteiger partial charge in [0.25, 0.3) is 5.56 Å². The van der Waals surface area contributed by atoms with E-state index in [4.69, 9.17) is 0 Å². The van der Waals surface area contributed by atoms with Crippen LogP contribution in [0.5, 0.6) is 0 Å². The van der Waals surface area contributed by atoms with E-state index in [-0.39, 0.29) is 18.0 Å².